The van der Waals surface area contributed by atoms with E-state index < -0.39 is 0 Å². The Kier molecular flexibility index (Phi) is 8.64. The molecule has 0 saturated carbocycles. The summed E-state index contributed by atoms with van der Waals surface area (Å²) in [5.41, 5.74) is 5.83. The van der Waals surface area contributed by atoms with E-state index in [0.717, 1.165) is 18.6 Å². The molecule has 0 aliphatic heterocycles. The van der Waals surface area contributed by atoms with Gasteiger partial charge in [0.05, 0.1) is 6.04 Å². The van der Waals surface area contributed by atoms with E-state index >= 15 is 0 Å². The van der Waals surface area contributed by atoms with Crippen molar-refractivity contribution >= 4 is 17.7 Å². The second-order valence-electron chi connectivity index (χ2n) is 5.01. The van der Waals surface area contributed by atoms with E-state index in [-0.39, 0.29) is 17.4 Å². The summed E-state index contributed by atoms with van der Waals surface area (Å²) in [6.45, 7) is 5.57. The zero-order chi connectivity index (χ0) is 13.3. The molecule has 0 aromatic heterocycles. The summed E-state index contributed by atoms with van der Waals surface area (Å²) in [7, 11) is 1.69. The van der Waals surface area contributed by atoms with Gasteiger partial charge in [0.2, 0.25) is 5.91 Å². The van der Waals surface area contributed by atoms with Crippen molar-refractivity contribution in [1.82, 2.24) is 5.32 Å². The van der Waals surface area contributed by atoms with Gasteiger partial charge in [0.25, 0.3) is 0 Å². The molecule has 0 spiro atoms. The molecule has 0 rings (SSSR count). The van der Waals surface area contributed by atoms with Crippen LogP contribution in [0.4, 0.5) is 0 Å². The molecule has 0 unspecified atom stereocenters. The van der Waals surface area contributed by atoms with E-state index in [1.54, 1.807) is 18.9 Å². The Morgan fingerprint density at radius 2 is 2.18 bits per heavy atom. The number of thioether (sulfide) groups is 1. The fourth-order valence-corrected chi connectivity index (χ4v) is 1.79. The SMILES string of the molecule is COCCC(C)(C)CNC(=O)[C@H](N)CCSC. The third-order valence-electron chi connectivity index (χ3n) is 2.69. The first-order valence-electron chi connectivity index (χ1n) is 5.94. The monoisotopic (exact) mass is 262 g/mol. The number of amides is 1. The maximum atomic E-state index is 11.7. The second kappa shape index (κ2) is 8.78. The Labute approximate surface area is 109 Å². The van der Waals surface area contributed by atoms with Crippen molar-refractivity contribution in [3.8, 4) is 0 Å². The van der Waals surface area contributed by atoms with Gasteiger partial charge in [-0.3, -0.25) is 4.79 Å². The normalized spacial score (nSPS) is 13.5. The summed E-state index contributed by atoms with van der Waals surface area (Å²) in [6.07, 6.45) is 3.66. The smallest absolute Gasteiger partial charge is 0.236 e. The Balaban J connectivity index is 3.88. The number of nitrogens with one attached hydrogen (secondary N) is 1. The van der Waals surface area contributed by atoms with Crippen LogP contribution in [-0.2, 0) is 9.53 Å². The minimum atomic E-state index is -0.388. The van der Waals surface area contributed by atoms with Crippen LogP contribution >= 0.6 is 11.8 Å². The van der Waals surface area contributed by atoms with Gasteiger partial charge < -0.3 is 15.8 Å². The summed E-state index contributed by atoms with van der Waals surface area (Å²) in [5.74, 6) is 0.867. The standard InChI is InChI=1S/C12H26N2O2S/c1-12(2,6-7-16-3)9-14-11(15)10(13)5-8-17-4/h10H,5-9,13H2,1-4H3,(H,14,15)/t10-/m1/s1. The predicted molar refractivity (Wildman–Crippen MR) is 74.3 cm³/mol. The fraction of sp³-hybridized carbons (Fsp3) is 0.917. The second-order valence-corrected chi connectivity index (χ2v) is 6.00. The molecular formula is C12H26N2O2S. The van der Waals surface area contributed by atoms with Gasteiger partial charge in [-0.05, 0) is 30.3 Å². The maximum absolute atomic E-state index is 11.7. The fourth-order valence-electron chi connectivity index (χ4n) is 1.30. The van der Waals surface area contributed by atoms with Crippen LogP contribution < -0.4 is 11.1 Å². The highest BCUT2D eigenvalue weighted by atomic mass is 32.2. The minimum Gasteiger partial charge on any atom is -0.385 e. The van der Waals surface area contributed by atoms with Gasteiger partial charge in [0, 0.05) is 20.3 Å². The molecule has 0 heterocycles. The number of nitrogens with two attached hydrogens (primary N) is 1. The number of hydrogen-bond acceptors (Lipinski definition) is 4. The third-order valence-corrected chi connectivity index (χ3v) is 3.34. The van der Waals surface area contributed by atoms with Gasteiger partial charge >= 0.3 is 0 Å². The van der Waals surface area contributed by atoms with E-state index in [4.69, 9.17) is 10.5 Å². The zero-order valence-electron chi connectivity index (χ0n) is 11.4. The summed E-state index contributed by atoms with van der Waals surface area (Å²) in [5, 5.41) is 2.91. The van der Waals surface area contributed by atoms with E-state index in [9.17, 15) is 4.79 Å². The van der Waals surface area contributed by atoms with Gasteiger partial charge in [0.15, 0.2) is 0 Å². The summed E-state index contributed by atoms with van der Waals surface area (Å²) < 4.78 is 5.04. The average Bonchev–Trinajstić information content (AvgIpc) is 2.30. The molecule has 0 aliphatic carbocycles. The molecule has 102 valence electrons. The highest BCUT2D eigenvalue weighted by Crippen LogP contribution is 2.18. The molecule has 0 aliphatic rings. The van der Waals surface area contributed by atoms with Crippen molar-refractivity contribution in [2.24, 2.45) is 11.1 Å². The van der Waals surface area contributed by atoms with Crippen LogP contribution in [0.25, 0.3) is 0 Å². The Bertz CT molecular complexity index is 223. The molecular weight excluding hydrogens is 236 g/mol. The Morgan fingerprint density at radius 1 is 1.53 bits per heavy atom. The van der Waals surface area contributed by atoms with E-state index in [0.29, 0.717) is 13.2 Å². The first-order chi connectivity index (χ1) is 7.93. The summed E-state index contributed by atoms with van der Waals surface area (Å²) in [4.78, 5) is 11.7. The van der Waals surface area contributed by atoms with E-state index in [1.165, 1.54) is 0 Å². The number of ether oxygens (including phenoxy) is 1. The molecule has 0 saturated heterocycles. The summed E-state index contributed by atoms with van der Waals surface area (Å²) in [6, 6.07) is -0.388. The van der Waals surface area contributed by atoms with Crippen LogP contribution in [-0.4, -0.2) is 44.2 Å². The predicted octanol–water partition coefficient (Wildman–Crippen LogP) is 1.25. The topological polar surface area (TPSA) is 64.3 Å². The molecule has 3 N–H and O–H groups in total. The largest absolute Gasteiger partial charge is 0.385 e. The lowest BCUT2D eigenvalue weighted by atomic mass is 9.89. The van der Waals surface area contributed by atoms with Crippen molar-refractivity contribution in [2.45, 2.75) is 32.7 Å². The molecule has 0 bridgehead atoms. The van der Waals surface area contributed by atoms with E-state index in [2.05, 4.69) is 19.2 Å². The quantitative estimate of drug-likeness (QED) is 0.656. The van der Waals surface area contributed by atoms with Gasteiger partial charge in [-0.1, -0.05) is 13.8 Å². The van der Waals surface area contributed by atoms with Crippen LogP contribution in [0.1, 0.15) is 26.7 Å². The maximum Gasteiger partial charge on any atom is 0.236 e. The molecule has 0 radical (unpaired) electrons. The van der Waals surface area contributed by atoms with Crippen molar-refractivity contribution in [3.05, 3.63) is 0 Å². The number of rotatable bonds is 9. The average molecular weight is 262 g/mol. The van der Waals surface area contributed by atoms with Crippen molar-refractivity contribution in [2.75, 3.05) is 32.3 Å². The van der Waals surface area contributed by atoms with Gasteiger partial charge in [-0.15, -0.1) is 0 Å². The van der Waals surface area contributed by atoms with Crippen LogP contribution in [0.5, 0.6) is 0 Å². The lowest BCUT2D eigenvalue weighted by Gasteiger charge is -2.25. The van der Waals surface area contributed by atoms with Gasteiger partial charge in [-0.2, -0.15) is 11.8 Å². The third kappa shape index (κ3) is 8.46. The van der Waals surface area contributed by atoms with Crippen LogP contribution in [0, 0.1) is 5.41 Å². The molecule has 1 atom stereocenters. The van der Waals surface area contributed by atoms with Gasteiger partial charge in [-0.25, -0.2) is 0 Å². The van der Waals surface area contributed by atoms with E-state index in [1.807, 2.05) is 6.26 Å². The first-order valence-corrected chi connectivity index (χ1v) is 7.33. The van der Waals surface area contributed by atoms with Crippen molar-refractivity contribution in [3.63, 3.8) is 0 Å². The highest BCUT2D eigenvalue weighted by Gasteiger charge is 2.20. The lowest BCUT2D eigenvalue weighted by Crippen LogP contribution is -2.44. The van der Waals surface area contributed by atoms with Crippen LogP contribution in [0.3, 0.4) is 0 Å². The molecule has 4 nitrogen and oxygen atoms in total. The molecule has 17 heavy (non-hydrogen) atoms. The number of methoxy groups -OCH3 is 1. The van der Waals surface area contributed by atoms with Gasteiger partial charge in [0.1, 0.15) is 0 Å². The highest BCUT2D eigenvalue weighted by molar-refractivity contribution is 7.98. The number of hydrogen-bond donors (Lipinski definition) is 2. The minimum absolute atomic E-state index is 0.0465. The molecule has 0 aromatic carbocycles. The molecule has 5 heteroatoms. The zero-order valence-corrected chi connectivity index (χ0v) is 12.2. The Hall–Kier alpha value is -0.260. The first kappa shape index (κ1) is 16.7. The molecule has 1 amide bonds. The molecule has 0 aromatic rings. The van der Waals surface area contributed by atoms with Crippen LogP contribution in [0.15, 0.2) is 0 Å². The van der Waals surface area contributed by atoms with Crippen LogP contribution in [0.2, 0.25) is 0 Å². The Morgan fingerprint density at radius 3 is 2.71 bits per heavy atom. The summed E-state index contributed by atoms with van der Waals surface area (Å²) >= 11 is 1.71. The molecule has 0 fully saturated rings. The number of carbonyl (C=O) groups excluding carboxylic acids is 1. The van der Waals surface area contributed by atoms with Crippen molar-refractivity contribution < 1.29 is 9.53 Å². The number of carbonyl (C=O) groups is 1. The van der Waals surface area contributed by atoms with Crippen molar-refractivity contribution in [1.29, 1.82) is 0 Å². The lowest BCUT2D eigenvalue weighted by molar-refractivity contribution is -0.122.